The number of aromatic nitrogens is 2. The third-order valence-electron chi connectivity index (χ3n) is 9.17. The summed E-state index contributed by atoms with van der Waals surface area (Å²) >= 11 is 0. The number of alkyl halides is 3. The van der Waals surface area contributed by atoms with Crippen LogP contribution in [0.2, 0.25) is 0 Å². The van der Waals surface area contributed by atoms with Crippen LogP contribution in [0.4, 0.5) is 18.9 Å². The third-order valence-corrected chi connectivity index (χ3v) is 10.8. The average Bonchev–Trinajstić information content (AvgIpc) is 3.57. The molecule has 296 valence electrons. The maximum Gasteiger partial charge on any atom is 0.390 e. The maximum atomic E-state index is 12.0. The zero-order valence-electron chi connectivity index (χ0n) is 33.5. The number of carbonyl (C=O) groups excluding carboxylic acids is 1. The fourth-order valence-corrected chi connectivity index (χ4v) is 6.81. The second-order valence-electron chi connectivity index (χ2n) is 16.9. The van der Waals surface area contributed by atoms with Crippen molar-refractivity contribution in [3.8, 4) is 11.4 Å². The lowest BCUT2D eigenvalue weighted by molar-refractivity contribution is -0.130. The summed E-state index contributed by atoms with van der Waals surface area (Å²) in [6, 6.07) is 23.3. The van der Waals surface area contributed by atoms with Gasteiger partial charge >= 0.3 is 6.18 Å². The van der Waals surface area contributed by atoms with Crippen molar-refractivity contribution in [2.75, 3.05) is 18.2 Å². The molecular formula is C43H58F3N3O4S. The highest BCUT2D eigenvalue weighted by atomic mass is 32.2. The van der Waals surface area contributed by atoms with Crippen LogP contribution in [0.15, 0.2) is 85.2 Å². The van der Waals surface area contributed by atoms with Crippen LogP contribution in [-0.4, -0.2) is 43.1 Å². The van der Waals surface area contributed by atoms with E-state index in [1.807, 2.05) is 68.0 Å². The van der Waals surface area contributed by atoms with Gasteiger partial charge in [0, 0.05) is 24.0 Å². The second kappa shape index (κ2) is 18.0. The minimum Gasteiger partial charge on any atom is -0.494 e. The van der Waals surface area contributed by atoms with Crippen molar-refractivity contribution in [3.05, 3.63) is 107 Å². The summed E-state index contributed by atoms with van der Waals surface area (Å²) in [6.07, 6.45) is 1.22. The van der Waals surface area contributed by atoms with Gasteiger partial charge in [0.05, 0.1) is 25.0 Å². The Balaban J connectivity index is 0.000000219. The topological polar surface area (TPSA) is 90.3 Å². The van der Waals surface area contributed by atoms with Crippen LogP contribution in [0.25, 0.3) is 5.69 Å². The first-order valence-corrected chi connectivity index (χ1v) is 20.2. The molecule has 1 saturated carbocycles. The third kappa shape index (κ3) is 14.3. The molecule has 0 bridgehead atoms. The van der Waals surface area contributed by atoms with Gasteiger partial charge in [-0.05, 0) is 81.7 Å². The minimum absolute atomic E-state index is 0.0479. The molecule has 11 heteroatoms. The predicted octanol–water partition coefficient (Wildman–Crippen LogP) is 10.8. The number of amides is 1. The molecule has 1 heterocycles. The van der Waals surface area contributed by atoms with E-state index in [0.717, 1.165) is 35.5 Å². The van der Waals surface area contributed by atoms with Crippen molar-refractivity contribution in [1.82, 2.24) is 9.78 Å². The second-order valence-corrected chi connectivity index (χ2v) is 19.1. The van der Waals surface area contributed by atoms with Crippen molar-refractivity contribution in [3.63, 3.8) is 0 Å². The van der Waals surface area contributed by atoms with Crippen molar-refractivity contribution in [1.29, 1.82) is 0 Å². The predicted molar refractivity (Wildman–Crippen MR) is 213 cm³/mol. The van der Waals surface area contributed by atoms with E-state index in [1.165, 1.54) is 17.5 Å². The summed E-state index contributed by atoms with van der Waals surface area (Å²) in [6.45, 7) is 19.2. The van der Waals surface area contributed by atoms with Gasteiger partial charge in [-0.2, -0.15) is 18.3 Å². The number of ether oxygens (including phenoxy) is 1. The molecule has 5 rings (SSSR count). The van der Waals surface area contributed by atoms with E-state index >= 15 is 0 Å². The van der Waals surface area contributed by atoms with Gasteiger partial charge in [0.2, 0.25) is 5.91 Å². The summed E-state index contributed by atoms with van der Waals surface area (Å²) < 4.78 is 66.6. The highest BCUT2D eigenvalue weighted by Gasteiger charge is 2.30. The molecule has 1 N–H and O–H groups in total. The largest absolute Gasteiger partial charge is 0.494 e. The Morgan fingerprint density at radius 2 is 1.39 bits per heavy atom. The van der Waals surface area contributed by atoms with Crippen molar-refractivity contribution in [2.24, 2.45) is 5.92 Å². The lowest BCUT2D eigenvalue weighted by atomic mass is 9.84. The highest BCUT2D eigenvalue weighted by Crippen LogP contribution is 2.31. The Morgan fingerprint density at radius 1 is 0.815 bits per heavy atom. The molecule has 0 spiro atoms. The molecule has 1 aliphatic rings. The Labute approximate surface area is 320 Å². The molecule has 7 nitrogen and oxygen atoms in total. The Kier molecular flexibility index (Phi) is 14.8. The summed E-state index contributed by atoms with van der Waals surface area (Å²) in [7, 11) is -2.05. The van der Waals surface area contributed by atoms with Gasteiger partial charge in [-0.15, -0.1) is 0 Å². The normalized spacial score (nSPS) is 13.8. The van der Waals surface area contributed by atoms with Gasteiger partial charge in [-0.1, -0.05) is 111 Å². The number of benzene rings is 3. The summed E-state index contributed by atoms with van der Waals surface area (Å²) in [5.74, 6) is 0.0575. The molecule has 1 fully saturated rings. The lowest BCUT2D eigenvalue weighted by Crippen LogP contribution is -2.28. The first kappa shape index (κ1) is 44.3. The van der Waals surface area contributed by atoms with Crippen molar-refractivity contribution in [2.45, 2.75) is 116 Å². The van der Waals surface area contributed by atoms with Gasteiger partial charge in [0.25, 0.3) is 0 Å². The first-order valence-electron chi connectivity index (χ1n) is 18.3. The van der Waals surface area contributed by atoms with E-state index in [9.17, 15) is 26.4 Å². The monoisotopic (exact) mass is 769 g/mol. The van der Waals surface area contributed by atoms with E-state index in [4.69, 9.17) is 4.74 Å². The van der Waals surface area contributed by atoms with Crippen LogP contribution in [0.3, 0.4) is 0 Å². The number of hydrogen-bond acceptors (Lipinski definition) is 5. The molecular weight excluding hydrogens is 712 g/mol. The number of carbonyl (C=O) groups is 1. The molecule has 1 amide bonds. The average molecular weight is 770 g/mol. The molecule has 3 aromatic carbocycles. The number of sulfone groups is 1. The number of anilines is 1. The summed E-state index contributed by atoms with van der Waals surface area (Å²) in [5, 5.41) is 7.24. The number of methoxy groups -OCH3 is 1. The van der Waals surface area contributed by atoms with Crippen LogP contribution in [0.5, 0.6) is 5.75 Å². The molecule has 1 aromatic heterocycles. The molecule has 4 aromatic rings. The van der Waals surface area contributed by atoms with E-state index in [2.05, 4.69) is 76.2 Å². The first-order chi connectivity index (χ1) is 24.9. The van der Waals surface area contributed by atoms with Crippen LogP contribution >= 0.6 is 0 Å². The smallest absolute Gasteiger partial charge is 0.390 e. The molecule has 0 aliphatic heterocycles. The number of nitrogens with zero attached hydrogens (tertiary/aromatic N) is 2. The quantitative estimate of drug-likeness (QED) is 0.193. The summed E-state index contributed by atoms with van der Waals surface area (Å²) in [5.41, 5.74) is 6.16. The van der Waals surface area contributed by atoms with E-state index in [0.29, 0.717) is 5.56 Å². The van der Waals surface area contributed by atoms with Crippen molar-refractivity contribution < 1.29 is 31.1 Å². The molecule has 0 unspecified atom stereocenters. The van der Waals surface area contributed by atoms with Crippen LogP contribution < -0.4 is 10.1 Å². The zero-order valence-corrected chi connectivity index (χ0v) is 34.3. The number of nitrogens with one attached hydrogen (secondary N) is 1. The molecule has 1 aliphatic carbocycles. The Morgan fingerprint density at radius 3 is 1.87 bits per heavy atom. The SMILES string of the molecule is CC(C)(C)c1ccc(CS(=O)(=O)CCC(F)(F)F)cc1.CC(C)(C)c1cccc(NC(=O)C2CCC2)c1.COc1cc(C(C)(C)C)ccc1-n1cccn1. The molecule has 0 radical (unpaired) electrons. The van der Waals surface area contributed by atoms with Crippen LogP contribution in [0.1, 0.15) is 110 Å². The van der Waals surface area contributed by atoms with Gasteiger partial charge in [0.15, 0.2) is 9.84 Å². The highest BCUT2D eigenvalue weighted by molar-refractivity contribution is 7.90. The van der Waals surface area contributed by atoms with Gasteiger partial charge in [-0.25, -0.2) is 13.1 Å². The van der Waals surface area contributed by atoms with Crippen molar-refractivity contribution >= 4 is 21.4 Å². The number of hydrogen-bond donors (Lipinski definition) is 1. The standard InChI is InChI=1S/C15H21NO.C14H19F3O2S.C14H18N2O/c1-15(2,3)12-8-5-9-13(10-12)16-14(17)11-6-4-7-11;1-13(2,3)12-6-4-11(5-7-12)10-20(18,19)9-8-14(15,16)17;1-14(2,3)11-6-7-12(13(10-11)17-4)16-9-5-8-15-16/h5,8-11H,4,6-7H2,1-3H3,(H,16,17);4-7H,8-10H2,1-3H3;5-10H,1-4H3. The zero-order chi connectivity index (χ0) is 40.5. The Bertz CT molecular complexity index is 1900. The molecule has 0 saturated heterocycles. The number of rotatable bonds is 8. The maximum absolute atomic E-state index is 12.0. The lowest BCUT2D eigenvalue weighted by Gasteiger charge is -2.25. The van der Waals surface area contributed by atoms with E-state index < -0.39 is 28.2 Å². The Hall–Kier alpha value is -4.12. The number of halogens is 3. The van der Waals surface area contributed by atoms with Crippen LogP contribution in [0, 0.1) is 5.92 Å². The van der Waals surface area contributed by atoms with Gasteiger partial charge in [0.1, 0.15) is 11.4 Å². The van der Waals surface area contributed by atoms with Crippen LogP contribution in [-0.2, 0) is 36.6 Å². The van der Waals surface area contributed by atoms with Gasteiger partial charge in [-0.3, -0.25) is 4.79 Å². The molecule has 0 atom stereocenters. The van der Waals surface area contributed by atoms with E-state index in [-0.39, 0.29) is 33.8 Å². The fraction of sp³-hybridized carbons (Fsp3) is 0.488. The van der Waals surface area contributed by atoms with Gasteiger partial charge < -0.3 is 10.1 Å². The summed E-state index contributed by atoms with van der Waals surface area (Å²) in [4.78, 5) is 11.8. The fourth-order valence-electron chi connectivity index (χ4n) is 5.42. The minimum atomic E-state index is -4.44. The van der Waals surface area contributed by atoms with E-state index in [1.54, 1.807) is 25.4 Å². The molecule has 54 heavy (non-hydrogen) atoms.